The van der Waals surface area contributed by atoms with E-state index < -0.39 is 0 Å². The van der Waals surface area contributed by atoms with Crippen molar-refractivity contribution >= 4 is 17.6 Å². The Hall–Kier alpha value is -1.06. The van der Waals surface area contributed by atoms with Gasteiger partial charge in [-0.1, -0.05) is 11.6 Å². The molecule has 3 nitrogen and oxygen atoms in total. The van der Waals surface area contributed by atoms with Crippen molar-refractivity contribution in [3.63, 3.8) is 0 Å². The van der Waals surface area contributed by atoms with Crippen LogP contribution in [0.3, 0.4) is 0 Å². The lowest BCUT2D eigenvalue weighted by Crippen LogP contribution is -2.28. The molecule has 2 rings (SSSR count). The van der Waals surface area contributed by atoms with Gasteiger partial charge in [0.2, 0.25) is 0 Å². The lowest BCUT2D eigenvalue weighted by molar-refractivity contribution is -0.140. The van der Waals surface area contributed by atoms with Crippen molar-refractivity contribution in [3.05, 3.63) is 29.3 Å². The van der Waals surface area contributed by atoms with Crippen molar-refractivity contribution in [2.75, 3.05) is 6.54 Å². The van der Waals surface area contributed by atoms with Gasteiger partial charge in [0.05, 0.1) is 5.92 Å². The highest BCUT2D eigenvalue weighted by Crippen LogP contribution is 2.29. The van der Waals surface area contributed by atoms with E-state index >= 15 is 0 Å². The first-order valence-electron chi connectivity index (χ1n) is 6.36. The van der Waals surface area contributed by atoms with Crippen molar-refractivity contribution in [1.29, 1.82) is 0 Å². The van der Waals surface area contributed by atoms with Crippen molar-refractivity contribution in [1.82, 2.24) is 0 Å². The first-order chi connectivity index (χ1) is 8.69. The van der Waals surface area contributed by atoms with E-state index in [4.69, 9.17) is 22.1 Å². The lowest BCUT2D eigenvalue weighted by atomic mass is 9.82. The number of carbonyl (C=O) groups excluding carboxylic acids is 1. The van der Waals surface area contributed by atoms with Gasteiger partial charge in [0.1, 0.15) is 5.75 Å². The fourth-order valence-corrected chi connectivity index (χ4v) is 2.46. The summed E-state index contributed by atoms with van der Waals surface area (Å²) in [4.78, 5) is 12.0. The molecule has 4 heteroatoms. The molecule has 0 bridgehead atoms. The number of benzene rings is 1. The zero-order chi connectivity index (χ0) is 13.0. The Labute approximate surface area is 112 Å². The predicted octanol–water partition coefficient (Wildman–Crippen LogP) is 3.01. The maximum atomic E-state index is 12.0. The Bertz CT molecular complexity index is 397. The number of hydrogen-bond acceptors (Lipinski definition) is 3. The molecule has 98 valence electrons. The number of ether oxygens (including phenoxy) is 1. The fraction of sp³-hybridized carbons (Fsp3) is 0.500. The topological polar surface area (TPSA) is 52.3 Å². The Morgan fingerprint density at radius 2 is 1.83 bits per heavy atom. The Morgan fingerprint density at radius 1 is 1.22 bits per heavy atom. The zero-order valence-corrected chi connectivity index (χ0v) is 11.0. The van der Waals surface area contributed by atoms with Gasteiger partial charge in [0.25, 0.3) is 0 Å². The van der Waals surface area contributed by atoms with Gasteiger partial charge in [0, 0.05) is 5.02 Å². The summed E-state index contributed by atoms with van der Waals surface area (Å²) in [6, 6.07) is 6.86. The van der Waals surface area contributed by atoms with Gasteiger partial charge in [-0.25, -0.2) is 0 Å². The third-order valence-corrected chi connectivity index (χ3v) is 3.80. The summed E-state index contributed by atoms with van der Waals surface area (Å²) in [5.74, 6) is 1.02. The van der Waals surface area contributed by atoms with Crippen LogP contribution in [0.25, 0.3) is 0 Å². The SMILES string of the molecule is NCC1CCC(C(=O)Oc2ccc(Cl)cc2)CC1. The molecular weight excluding hydrogens is 250 g/mol. The molecule has 0 unspecified atom stereocenters. The van der Waals surface area contributed by atoms with Crippen LogP contribution in [0.1, 0.15) is 25.7 Å². The zero-order valence-electron chi connectivity index (χ0n) is 10.3. The van der Waals surface area contributed by atoms with E-state index in [9.17, 15) is 4.79 Å². The molecule has 1 aromatic carbocycles. The molecule has 0 amide bonds. The van der Waals surface area contributed by atoms with Gasteiger partial charge in [0.15, 0.2) is 0 Å². The van der Waals surface area contributed by atoms with Crippen LogP contribution in [0.15, 0.2) is 24.3 Å². The van der Waals surface area contributed by atoms with Crippen LogP contribution in [0.2, 0.25) is 5.02 Å². The van der Waals surface area contributed by atoms with Gasteiger partial charge in [-0.05, 0) is 62.4 Å². The molecule has 1 aromatic rings. The van der Waals surface area contributed by atoms with Crippen LogP contribution in [-0.2, 0) is 4.79 Å². The first-order valence-corrected chi connectivity index (χ1v) is 6.74. The molecule has 0 radical (unpaired) electrons. The van der Waals surface area contributed by atoms with Crippen LogP contribution in [-0.4, -0.2) is 12.5 Å². The van der Waals surface area contributed by atoms with Crippen LogP contribution in [0.4, 0.5) is 0 Å². The van der Waals surface area contributed by atoms with Crippen LogP contribution in [0.5, 0.6) is 5.75 Å². The average Bonchev–Trinajstić information content (AvgIpc) is 2.41. The quantitative estimate of drug-likeness (QED) is 0.677. The number of carbonyl (C=O) groups is 1. The number of esters is 1. The molecule has 0 heterocycles. The van der Waals surface area contributed by atoms with Gasteiger partial charge >= 0.3 is 5.97 Å². The standard InChI is InChI=1S/C14H18ClNO2/c15-12-5-7-13(8-6-12)18-14(17)11-3-1-10(9-16)2-4-11/h5-8,10-11H,1-4,9,16H2. The molecule has 0 atom stereocenters. The third-order valence-electron chi connectivity index (χ3n) is 3.55. The maximum Gasteiger partial charge on any atom is 0.314 e. The Kier molecular flexibility index (Phi) is 4.61. The fourth-order valence-electron chi connectivity index (χ4n) is 2.34. The summed E-state index contributed by atoms with van der Waals surface area (Å²) >= 11 is 5.78. The number of nitrogens with two attached hydrogens (primary N) is 1. The third kappa shape index (κ3) is 3.47. The monoisotopic (exact) mass is 267 g/mol. The van der Waals surface area contributed by atoms with Crippen molar-refractivity contribution in [3.8, 4) is 5.75 Å². The summed E-state index contributed by atoms with van der Waals surface area (Å²) in [5, 5.41) is 0.637. The van der Waals surface area contributed by atoms with Gasteiger partial charge < -0.3 is 10.5 Å². The van der Waals surface area contributed by atoms with Crippen molar-refractivity contribution in [2.45, 2.75) is 25.7 Å². The summed E-state index contributed by atoms with van der Waals surface area (Å²) in [6.45, 7) is 0.721. The smallest absolute Gasteiger partial charge is 0.314 e. The largest absolute Gasteiger partial charge is 0.426 e. The highest BCUT2D eigenvalue weighted by atomic mass is 35.5. The molecule has 0 saturated heterocycles. The molecule has 0 aromatic heterocycles. The lowest BCUT2D eigenvalue weighted by Gasteiger charge is -2.26. The first kappa shape index (κ1) is 13.4. The minimum atomic E-state index is -0.132. The Balaban J connectivity index is 1.87. The van der Waals surface area contributed by atoms with E-state index in [1.807, 2.05) is 0 Å². The van der Waals surface area contributed by atoms with Gasteiger partial charge in [-0.15, -0.1) is 0 Å². The van der Waals surface area contributed by atoms with E-state index in [1.165, 1.54) is 0 Å². The predicted molar refractivity (Wildman–Crippen MR) is 71.6 cm³/mol. The van der Waals surface area contributed by atoms with E-state index in [0.29, 0.717) is 16.7 Å². The summed E-state index contributed by atoms with van der Waals surface area (Å²) in [5.41, 5.74) is 5.63. The molecule has 2 N–H and O–H groups in total. The second-order valence-electron chi connectivity index (χ2n) is 4.83. The molecule has 1 aliphatic rings. The van der Waals surface area contributed by atoms with Crippen LogP contribution in [0, 0.1) is 11.8 Å². The van der Waals surface area contributed by atoms with Crippen molar-refractivity contribution < 1.29 is 9.53 Å². The molecule has 0 spiro atoms. The Morgan fingerprint density at radius 3 is 2.39 bits per heavy atom. The van der Waals surface area contributed by atoms with Crippen molar-refractivity contribution in [2.24, 2.45) is 17.6 Å². The molecule has 18 heavy (non-hydrogen) atoms. The average molecular weight is 268 g/mol. The van der Waals surface area contributed by atoms with Crippen LogP contribution >= 0.6 is 11.6 Å². The number of hydrogen-bond donors (Lipinski definition) is 1. The summed E-state index contributed by atoms with van der Waals surface area (Å²) < 4.78 is 5.35. The highest BCUT2D eigenvalue weighted by molar-refractivity contribution is 6.30. The minimum Gasteiger partial charge on any atom is -0.426 e. The minimum absolute atomic E-state index is 0.0171. The van der Waals surface area contributed by atoms with Gasteiger partial charge in [-0.3, -0.25) is 4.79 Å². The number of rotatable bonds is 3. The van der Waals surface area contributed by atoms with E-state index in [1.54, 1.807) is 24.3 Å². The van der Waals surface area contributed by atoms with E-state index in [2.05, 4.69) is 0 Å². The normalized spacial score (nSPS) is 23.7. The van der Waals surface area contributed by atoms with Gasteiger partial charge in [-0.2, -0.15) is 0 Å². The molecular formula is C14H18ClNO2. The maximum absolute atomic E-state index is 12.0. The van der Waals surface area contributed by atoms with E-state index in [0.717, 1.165) is 32.2 Å². The second-order valence-corrected chi connectivity index (χ2v) is 5.26. The van der Waals surface area contributed by atoms with E-state index in [-0.39, 0.29) is 11.9 Å². The molecule has 0 aliphatic heterocycles. The molecule has 1 aliphatic carbocycles. The second kappa shape index (κ2) is 6.21. The summed E-state index contributed by atoms with van der Waals surface area (Å²) in [7, 11) is 0. The molecule has 1 saturated carbocycles. The number of halogens is 1. The highest BCUT2D eigenvalue weighted by Gasteiger charge is 2.27. The van der Waals surface area contributed by atoms with Crippen LogP contribution < -0.4 is 10.5 Å². The summed E-state index contributed by atoms with van der Waals surface area (Å²) in [6.07, 6.45) is 3.82. The molecule has 1 fully saturated rings.